The predicted molar refractivity (Wildman–Crippen MR) is 70.1 cm³/mol. The molecule has 0 heterocycles. The van der Waals surface area contributed by atoms with Gasteiger partial charge in [0.05, 0.1) is 6.07 Å². The average Bonchev–Trinajstić information content (AvgIpc) is 2.81. The summed E-state index contributed by atoms with van der Waals surface area (Å²) in [4.78, 5) is 11.8. The number of hydrogen-bond acceptors (Lipinski definition) is 2. The fourth-order valence-electron chi connectivity index (χ4n) is 2.26. The Morgan fingerprint density at radius 1 is 1.28 bits per heavy atom. The second kappa shape index (κ2) is 5.09. The number of benzene rings is 1. The summed E-state index contributed by atoms with van der Waals surface area (Å²) < 4.78 is 0. The van der Waals surface area contributed by atoms with Crippen molar-refractivity contribution in [3.8, 4) is 6.07 Å². The van der Waals surface area contributed by atoms with E-state index in [0.717, 1.165) is 36.9 Å². The molecule has 1 aliphatic rings. The molecule has 0 radical (unpaired) electrons. The molecular formula is C14H17N3O. The molecule has 4 nitrogen and oxygen atoms in total. The summed E-state index contributed by atoms with van der Waals surface area (Å²) in [6.45, 7) is 1.99. The summed E-state index contributed by atoms with van der Waals surface area (Å²) in [6.07, 6.45) is 3.48. The Labute approximate surface area is 107 Å². The Morgan fingerprint density at radius 3 is 2.44 bits per heavy atom. The van der Waals surface area contributed by atoms with Crippen LogP contribution < -0.4 is 10.6 Å². The van der Waals surface area contributed by atoms with Gasteiger partial charge in [-0.25, -0.2) is 4.79 Å². The molecule has 0 unspecified atom stereocenters. The third kappa shape index (κ3) is 2.80. The number of carbonyl (C=O) groups excluding carboxylic acids is 1. The number of amides is 2. The van der Waals surface area contributed by atoms with Crippen molar-refractivity contribution < 1.29 is 4.79 Å². The minimum Gasteiger partial charge on any atom is -0.319 e. The molecule has 0 bridgehead atoms. The molecule has 1 aliphatic carbocycles. The SMILES string of the molecule is Cc1ccc(NC(=O)NC2(C#N)CCCC2)cc1. The molecule has 1 aromatic carbocycles. The highest BCUT2D eigenvalue weighted by Gasteiger charge is 2.35. The van der Waals surface area contributed by atoms with Crippen LogP contribution in [-0.4, -0.2) is 11.6 Å². The van der Waals surface area contributed by atoms with Crippen LogP contribution in [0.4, 0.5) is 10.5 Å². The van der Waals surface area contributed by atoms with Crippen molar-refractivity contribution in [3.05, 3.63) is 29.8 Å². The van der Waals surface area contributed by atoms with E-state index in [0.29, 0.717) is 0 Å². The van der Waals surface area contributed by atoms with Crippen LogP contribution in [0.1, 0.15) is 31.2 Å². The van der Waals surface area contributed by atoms with Gasteiger partial charge in [-0.1, -0.05) is 17.7 Å². The quantitative estimate of drug-likeness (QED) is 0.838. The molecule has 2 N–H and O–H groups in total. The maximum absolute atomic E-state index is 11.8. The fraction of sp³-hybridized carbons (Fsp3) is 0.429. The fourth-order valence-corrected chi connectivity index (χ4v) is 2.26. The minimum atomic E-state index is -0.672. The van der Waals surface area contributed by atoms with Gasteiger partial charge in [-0.05, 0) is 44.7 Å². The zero-order chi connectivity index (χ0) is 13.0. The van der Waals surface area contributed by atoms with Crippen molar-refractivity contribution in [1.29, 1.82) is 5.26 Å². The number of urea groups is 1. The Morgan fingerprint density at radius 2 is 1.89 bits per heavy atom. The molecule has 0 aromatic heterocycles. The first-order chi connectivity index (χ1) is 8.63. The minimum absolute atomic E-state index is 0.303. The number of nitrogens with one attached hydrogen (secondary N) is 2. The summed E-state index contributed by atoms with van der Waals surface area (Å²) in [5.41, 5.74) is 1.21. The second-order valence-electron chi connectivity index (χ2n) is 4.85. The van der Waals surface area contributed by atoms with Crippen molar-refractivity contribution in [2.75, 3.05) is 5.32 Å². The molecule has 2 rings (SSSR count). The van der Waals surface area contributed by atoms with Gasteiger partial charge >= 0.3 is 6.03 Å². The number of nitriles is 1. The Bertz CT molecular complexity index is 467. The van der Waals surface area contributed by atoms with Crippen LogP contribution in [0.25, 0.3) is 0 Å². The largest absolute Gasteiger partial charge is 0.320 e. The maximum Gasteiger partial charge on any atom is 0.320 e. The van der Waals surface area contributed by atoms with E-state index >= 15 is 0 Å². The summed E-state index contributed by atoms with van der Waals surface area (Å²) >= 11 is 0. The number of nitrogens with zero attached hydrogens (tertiary/aromatic N) is 1. The molecule has 1 aromatic rings. The van der Waals surface area contributed by atoms with E-state index in [4.69, 9.17) is 0 Å². The number of carbonyl (C=O) groups is 1. The van der Waals surface area contributed by atoms with Crippen molar-refractivity contribution in [2.24, 2.45) is 0 Å². The van der Waals surface area contributed by atoms with Crippen LogP contribution in [0.3, 0.4) is 0 Å². The van der Waals surface area contributed by atoms with Gasteiger partial charge in [0.2, 0.25) is 0 Å². The van der Waals surface area contributed by atoms with E-state index in [2.05, 4.69) is 16.7 Å². The van der Waals surface area contributed by atoms with Gasteiger partial charge in [0.1, 0.15) is 5.54 Å². The Hall–Kier alpha value is -2.02. The van der Waals surface area contributed by atoms with Crippen molar-refractivity contribution in [2.45, 2.75) is 38.1 Å². The highest BCUT2D eigenvalue weighted by molar-refractivity contribution is 5.90. The molecule has 0 saturated heterocycles. The maximum atomic E-state index is 11.8. The zero-order valence-corrected chi connectivity index (χ0v) is 10.5. The molecule has 0 atom stereocenters. The first-order valence-corrected chi connectivity index (χ1v) is 6.21. The molecular weight excluding hydrogens is 226 g/mol. The lowest BCUT2D eigenvalue weighted by Crippen LogP contribution is -2.47. The van der Waals surface area contributed by atoms with Gasteiger partial charge in [0.15, 0.2) is 0 Å². The molecule has 94 valence electrons. The van der Waals surface area contributed by atoms with Gasteiger partial charge in [0.25, 0.3) is 0 Å². The molecule has 18 heavy (non-hydrogen) atoms. The average molecular weight is 243 g/mol. The summed E-state index contributed by atoms with van der Waals surface area (Å²) in [5.74, 6) is 0. The standard InChI is InChI=1S/C14H17N3O/c1-11-4-6-12(7-5-11)16-13(18)17-14(10-15)8-2-3-9-14/h4-7H,2-3,8-9H2,1H3,(H2,16,17,18). The first-order valence-electron chi connectivity index (χ1n) is 6.21. The second-order valence-corrected chi connectivity index (χ2v) is 4.85. The number of aryl methyl sites for hydroxylation is 1. The van der Waals surface area contributed by atoms with Crippen molar-refractivity contribution in [1.82, 2.24) is 5.32 Å². The van der Waals surface area contributed by atoms with E-state index in [1.165, 1.54) is 0 Å². The number of hydrogen-bond donors (Lipinski definition) is 2. The molecule has 4 heteroatoms. The highest BCUT2D eigenvalue weighted by atomic mass is 16.2. The number of anilines is 1. The van der Waals surface area contributed by atoms with Gasteiger partial charge < -0.3 is 10.6 Å². The highest BCUT2D eigenvalue weighted by Crippen LogP contribution is 2.28. The Kier molecular flexibility index (Phi) is 3.52. The van der Waals surface area contributed by atoms with E-state index in [-0.39, 0.29) is 6.03 Å². The predicted octanol–water partition coefficient (Wildman–Crippen LogP) is 2.95. The van der Waals surface area contributed by atoms with Crippen LogP contribution in [0.2, 0.25) is 0 Å². The summed E-state index contributed by atoms with van der Waals surface area (Å²) in [6, 6.07) is 9.50. The molecule has 0 spiro atoms. The molecule has 0 aliphatic heterocycles. The van der Waals surface area contributed by atoms with E-state index in [1.807, 2.05) is 31.2 Å². The summed E-state index contributed by atoms with van der Waals surface area (Å²) in [7, 11) is 0. The smallest absolute Gasteiger partial charge is 0.319 e. The van der Waals surface area contributed by atoms with E-state index in [1.54, 1.807) is 0 Å². The topological polar surface area (TPSA) is 64.9 Å². The van der Waals surface area contributed by atoms with E-state index < -0.39 is 5.54 Å². The lowest BCUT2D eigenvalue weighted by molar-refractivity contribution is 0.244. The lowest BCUT2D eigenvalue weighted by Gasteiger charge is -2.22. The molecule has 1 saturated carbocycles. The molecule has 1 fully saturated rings. The third-order valence-corrected chi connectivity index (χ3v) is 3.33. The van der Waals surface area contributed by atoms with Crippen LogP contribution >= 0.6 is 0 Å². The Balaban J connectivity index is 1.96. The van der Waals surface area contributed by atoms with Crippen LogP contribution in [0.15, 0.2) is 24.3 Å². The van der Waals surface area contributed by atoms with Crippen LogP contribution in [0, 0.1) is 18.3 Å². The molecule has 2 amide bonds. The summed E-state index contributed by atoms with van der Waals surface area (Å²) in [5, 5.41) is 14.7. The van der Waals surface area contributed by atoms with Gasteiger partial charge in [-0.2, -0.15) is 5.26 Å². The van der Waals surface area contributed by atoms with Crippen LogP contribution in [-0.2, 0) is 0 Å². The normalized spacial score (nSPS) is 16.9. The third-order valence-electron chi connectivity index (χ3n) is 3.33. The van der Waals surface area contributed by atoms with Gasteiger partial charge in [-0.15, -0.1) is 0 Å². The monoisotopic (exact) mass is 243 g/mol. The van der Waals surface area contributed by atoms with Crippen molar-refractivity contribution in [3.63, 3.8) is 0 Å². The lowest BCUT2D eigenvalue weighted by atomic mass is 10.0. The first kappa shape index (κ1) is 12.4. The zero-order valence-electron chi connectivity index (χ0n) is 10.5. The van der Waals surface area contributed by atoms with Crippen LogP contribution in [0.5, 0.6) is 0 Å². The van der Waals surface area contributed by atoms with Gasteiger partial charge in [-0.3, -0.25) is 0 Å². The number of rotatable bonds is 2. The van der Waals surface area contributed by atoms with Crippen molar-refractivity contribution >= 4 is 11.7 Å². The van der Waals surface area contributed by atoms with Gasteiger partial charge in [0, 0.05) is 5.69 Å². The van der Waals surface area contributed by atoms with E-state index in [9.17, 15) is 10.1 Å².